The van der Waals surface area contributed by atoms with E-state index in [1.807, 2.05) is 30.3 Å². The maximum Gasteiger partial charge on any atom is 0.235 e. The van der Waals surface area contributed by atoms with Gasteiger partial charge < -0.3 is 10.2 Å². The Hall–Kier alpha value is -3.29. The first kappa shape index (κ1) is 27.3. The topological polar surface area (TPSA) is 70.5 Å². The summed E-state index contributed by atoms with van der Waals surface area (Å²) in [4.78, 5) is 30.0. The number of nitrogens with zero attached hydrogens (tertiary/aromatic N) is 4. The van der Waals surface area contributed by atoms with Crippen molar-refractivity contribution in [2.45, 2.75) is 58.0 Å². The molecule has 3 heterocycles. The summed E-state index contributed by atoms with van der Waals surface area (Å²) < 4.78 is 2.19. The number of benzene rings is 2. The van der Waals surface area contributed by atoms with Crippen molar-refractivity contribution in [1.82, 2.24) is 24.9 Å². The average Bonchev–Trinajstić information content (AvgIpc) is 3.33. The molecule has 7 nitrogen and oxygen atoms in total. The third kappa shape index (κ3) is 6.48. The third-order valence-electron chi connectivity index (χ3n) is 8.32. The summed E-state index contributed by atoms with van der Waals surface area (Å²) in [6.07, 6.45) is 3.79. The fourth-order valence-corrected chi connectivity index (χ4v) is 6.03. The zero-order valence-corrected chi connectivity index (χ0v) is 23.3. The van der Waals surface area contributed by atoms with Gasteiger partial charge in [-0.25, -0.2) is 0 Å². The van der Waals surface area contributed by atoms with Gasteiger partial charge in [0.1, 0.15) is 0 Å². The van der Waals surface area contributed by atoms with Gasteiger partial charge in [-0.05, 0) is 56.5 Å². The van der Waals surface area contributed by atoms with Gasteiger partial charge in [0.25, 0.3) is 0 Å². The number of rotatable bonds is 10. The molecule has 1 aromatic heterocycles. The molecule has 206 valence electrons. The zero-order chi connectivity index (χ0) is 27.2. The van der Waals surface area contributed by atoms with Crippen molar-refractivity contribution in [3.63, 3.8) is 0 Å². The summed E-state index contributed by atoms with van der Waals surface area (Å²) in [7, 11) is 0. The Balaban J connectivity index is 1.22. The summed E-state index contributed by atoms with van der Waals surface area (Å²) in [6.45, 7) is 8.76. The van der Waals surface area contributed by atoms with Gasteiger partial charge >= 0.3 is 0 Å². The average molecular weight is 528 g/mol. The fraction of sp³-hybridized carbons (Fsp3) is 0.469. The minimum atomic E-state index is -0.239. The molecule has 0 saturated carbocycles. The number of likely N-dealkylation sites (tertiary alicyclic amines) is 1. The molecule has 2 aromatic carbocycles. The first-order valence-electron chi connectivity index (χ1n) is 14.5. The molecular weight excluding hydrogens is 486 g/mol. The molecule has 5 rings (SSSR count). The van der Waals surface area contributed by atoms with E-state index in [1.54, 1.807) is 0 Å². The van der Waals surface area contributed by atoms with Crippen LogP contribution in [-0.4, -0.2) is 64.1 Å². The molecule has 0 spiro atoms. The van der Waals surface area contributed by atoms with Gasteiger partial charge in [-0.2, -0.15) is 5.10 Å². The Kier molecular flexibility index (Phi) is 8.89. The fourth-order valence-electron chi connectivity index (χ4n) is 6.03. The number of imide groups is 1. The number of hydrogen-bond donors (Lipinski definition) is 1. The molecule has 1 unspecified atom stereocenters. The van der Waals surface area contributed by atoms with Crippen LogP contribution in [0.4, 0.5) is 0 Å². The second kappa shape index (κ2) is 12.7. The third-order valence-corrected chi connectivity index (χ3v) is 8.32. The SMILES string of the molecule is CCn1nc(Cc2ccccc2)cc1C1CCN(CCC(c2ccccc2)N(C(C)=O)C(=O)C2CNC2)CC1. The number of aromatic nitrogens is 2. The van der Waals surface area contributed by atoms with E-state index in [0.29, 0.717) is 19.0 Å². The normalized spacial score (nSPS) is 17.5. The highest BCUT2D eigenvalue weighted by molar-refractivity contribution is 5.96. The Morgan fingerprint density at radius 3 is 2.28 bits per heavy atom. The first-order valence-corrected chi connectivity index (χ1v) is 14.5. The first-order chi connectivity index (χ1) is 19.0. The van der Waals surface area contributed by atoms with Crippen LogP contribution >= 0.6 is 0 Å². The van der Waals surface area contributed by atoms with Crippen LogP contribution in [0, 0.1) is 5.92 Å². The van der Waals surface area contributed by atoms with E-state index in [2.05, 4.69) is 58.2 Å². The molecule has 2 saturated heterocycles. The smallest absolute Gasteiger partial charge is 0.235 e. The lowest BCUT2D eigenvalue weighted by molar-refractivity contribution is -0.150. The predicted molar refractivity (Wildman–Crippen MR) is 153 cm³/mol. The lowest BCUT2D eigenvalue weighted by atomic mass is 9.92. The maximum atomic E-state index is 13.3. The number of aryl methyl sites for hydroxylation is 1. The van der Waals surface area contributed by atoms with Crippen molar-refractivity contribution in [3.05, 3.63) is 89.2 Å². The van der Waals surface area contributed by atoms with E-state index >= 15 is 0 Å². The van der Waals surface area contributed by atoms with Crippen molar-refractivity contribution in [2.75, 3.05) is 32.7 Å². The highest BCUT2D eigenvalue weighted by Crippen LogP contribution is 2.32. The Labute approximate surface area is 232 Å². The molecule has 0 radical (unpaired) electrons. The molecule has 0 aliphatic carbocycles. The number of carbonyl (C=O) groups is 2. The van der Waals surface area contributed by atoms with Crippen molar-refractivity contribution < 1.29 is 9.59 Å². The minimum Gasteiger partial charge on any atom is -0.315 e. The van der Waals surface area contributed by atoms with Crippen molar-refractivity contribution in [1.29, 1.82) is 0 Å². The lowest BCUT2D eigenvalue weighted by Crippen LogP contribution is -2.54. The number of nitrogens with one attached hydrogen (secondary N) is 1. The van der Waals surface area contributed by atoms with Gasteiger partial charge in [0, 0.05) is 51.1 Å². The summed E-state index contributed by atoms with van der Waals surface area (Å²) >= 11 is 0. The highest BCUT2D eigenvalue weighted by atomic mass is 16.2. The van der Waals surface area contributed by atoms with E-state index in [9.17, 15) is 9.59 Å². The van der Waals surface area contributed by atoms with Crippen LogP contribution < -0.4 is 5.32 Å². The van der Waals surface area contributed by atoms with Gasteiger partial charge in [0.05, 0.1) is 17.7 Å². The molecule has 2 aliphatic rings. The second-order valence-electron chi connectivity index (χ2n) is 11.0. The van der Waals surface area contributed by atoms with Crippen LogP contribution in [0.2, 0.25) is 0 Å². The molecular formula is C32H41N5O2. The Bertz CT molecular complexity index is 1230. The van der Waals surface area contributed by atoms with Gasteiger partial charge in [-0.1, -0.05) is 60.7 Å². The zero-order valence-electron chi connectivity index (χ0n) is 23.3. The largest absolute Gasteiger partial charge is 0.315 e. The van der Waals surface area contributed by atoms with E-state index in [-0.39, 0.29) is 23.8 Å². The van der Waals surface area contributed by atoms with Crippen LogP contribution in [0.15, 0.2) is 66.7 Å². The summed E-state index contributed by atoms with van der Waals surface area (Å²) in [6, 6.07) is 22.7. The quantitative estimate of drug-likeness (QED) is 0.423. The second-order valence-corrected chi connectivity index (χ2v) is 11.0. The highest BCUT2D eigenvalue weighted by Gasteiger charge is 2.36. The van der Waals surface area contributed by atoms with Crippen LogP contribution in [0.25, 0.3) is 0 Å². The van der Waals surface area contributed by atoms with Gasteiger partial charge in [-0.15, -0.1) is 0 Å². The number of hydrogen-bond acceptors (Lipinski definition) is 5. The molecule has 1 N–H and O–H groups in total. The van der Waals surface area contributed by atoms with E-state index < -0.39 is 0 Å². The van der Waals surface area contributed by atoms with Crippen molar-refractivity contribution >= 4 is 11.8 Å². The van der Waals surface area contributed by atoms with Crippen molar-refractivity contribution in [3.8, 4) is 0 Å². The Morgan fingerprint density at radius 2 is 1.69 bits per heavy atom. The van der Waals surface area contributed by atoms with Crippen LogP contribution in [0.3, 0.4) is 0 Å². The van der Waals surface area contributed by atoms with Crippen molar-refractivity contribution in [2.24, 2.45) is 5.92 Å². The predicted octanol–water partition coefficient (Wildman–Crippen LogP) is 4.40. The molecule has 3 aromatic rings. The van der Waals surface area contributed by atoms with Gasteiger partial charge in [0.2, 0.25) is 11.8 Å². The van der Waals surface area contributed by atoms with E-state index in [0.717, 1.165) is 63.1 Å². The number of amides is 2. The standard InChI is InChI=1S/C32H41N5O2/c1-3-36-31(21-29(34-36)20-25-10-6-4-7-11-25)27-14-17-35(18-15-27)19-16-30(26-12-8-5-9-13-26)37(24(2)38)32(39)28-22-33-23-28/h4-13,21,27-28,30,33H,3,14-20,22-23H2,1-2H3. The molecule has 39 heavy (non-hydrogen) atoms. The molecule has 2 amide bonds. The van der Waals surface area contributed by atoms with Gasteiger partial charge in [0.15, 0.2) is 0 Å². The summed E-state index contributed by atoms with van der Waals surface area (Å²) in [5, 5.41) is 8.08. The molecule has 7 heteroatoms. The molecule has 1 atom stereocenters. The monoisotopic (exact) mass is 527 g/mol. The number of piperidine rings is 1. The molecule has 0 bridgehead atoms. The summed E-state index contributed by atoms with van der Waals surface area (Å²) in [5.74, 6) is 0.183. The van der Waals surface area contributed by atoms with Crippen LogP contribution in [-0.2, 0) is 22.6 Å². The lowest BCUT2D eigenvalue weighted by Gasteiger charge is -2.37. The van der Waals surface area contributed by atoms with Gasteiger partial charge in [-0.3, -0.25) is 19.2 Å². The Morgan fingerprint density at radius 1 is 1.03 bits per heavy atom. The summed E-state index contributed by atoms with van der Waals surface area (Å²) in [5.41, 5.74) is 4.81. The van der Waals surface area contributed by atoms with E-state index in [1.165, 1.54) is 23.1 Å². The van der Waals surface area contributed by atoms with Crippen LogP contribution in [0.1, 0.15) is 67.6 Å². The van der Waals surface area contributed by atoms with E-state index in [4.69, 9.17) is 5.10 Å². The van der Waals surface area contributed by atoms with Crippen LogP contribution in [0.5, 0.6) is 0 Å². The minimum absolute atomic E-state index is 0.0482. The molecule has 2 fully saturated rings. The maximum absolute atomic E-state index is 13.3. The number of carbonyl (C=O) groups excluding carboxylic acids is 2. The molecule has 2 aliphatic heterocycles.